The van der Waals surface area contributed by atoms with Crippen LogP contribution in [-0.2, 0) is 6.54 Å². The van der Waals surface area contributed by atoms with E-state index in [9.17, 15) is 15.3 Å². The molecular weight excluding hydrogens is 298 g/mol. The summed E-state index contributed by atoms with van der Waals surface area (Å²) in [5.41, 5.74) is 2.80. The first-order valence-electron chi connectivity index (χ1n) is 7.79. The van der Waals surface area contributed by atoms with Crippen molar-refractivity contribution in [3.8, 4) is 11.5 Å². The highest BCUT2D eigenvalue weighted by atomic mass is 16.5. The number of rotatable bonds is 2. The van der Waals surface area contributed by atoms with Crippen LogP contribution < -0.4 is 9.47 Å². The van der Waals surface area contributed by atoms with Crippen LogP contribution in [0.3, 0.4) is 0 Å². The minimum atomic E-state index is -0.972. The van der Waals surface area contributed by atoms with Crippen LogP contribution in [0.1, 0.15) is 17.0 Å². The molecule has 0 aromatic heterocycles. The molecule has 0 radical (unpaired) electrons. The van der Waals surface area contributed by atoms with Crippen molar-refractivity contribution in [2.45, 2.75) is 36.8 Å². The number of benzene rings is 1. The number of nitrogens with zero attached hydrogens (tertiary/aromatic N) is 1. The number of methoxy groups -OCH3 is 2. The van der Waals surface area contributed by atoms with Gasteiger partial charge in [0, 0.05) is 25.0 Å². The second kappa shape index (κ2) is 5.21. The Morgan fingerprint density at radius 2 is 1.78 bits per heavy atom. The van der Waals surface area contributed by atoms with Crippen LogP contribution in [0.2, 0.25) is 0 Å². The maximum absolute atomic E-state index is 10.6. The second-order valence-corrected chi connectivity index (χ2v) is 6.47. The Morgan fingerprint density at radius 3 is 2.48 bits per heavy atom. The van der Waals surface area contributed by atoms with E-state index in [4.69, 9.17) is 9.47 Å². The van der Waals surface area contributed by atoms with Crippen LogP contribution >= 0.6 is 0 Å². The monoisotopic (exact) mass is 319 g/mol. The zero-order valence-electron chi connectivity index (χ0n) is 13.1. The Hall–Kier alpha value is -1.60. The molecule has 23 heavy (non-hydrogen) atoms. The Morgan fingerprint density at radius 1 is 1.09 bits per heavy atom. The summed E-state index contributed by atoms with van der Waals surface area (Å²) in [5, 5.41) is 31.1. The highest BCUT2D eigenvalue weighted by Gasteiger charge is 2.51. The summed E-state index contributed by atoms with van der Waals surface area (Å²) in [7, 11) is 3.17. The first-order chi connectivity index (χ1) is 11.0. The number of hydrogen-bond donors (Lipinski definition) is 3. The lowest BCUT2D eigenvalue weighted by Gasteiger charge is -2.44. The van der Waals surface area contributed by atoms with Gasteiger partial charge in [-0.25, -0.2) is 0 Å². The van der Waals surface area contributed by atoms with E-state index in [0.29, 0.717) is 24.6 Å². The molecular formula is C17H21NO5. The van der Waals surface area contributed by atoms with E-state index in [0.717, 1.165) is 16.7 Å². The van der Waals surface area contributed by atoms with E-state index in [1.807, 2.05) is 12.1 Å². The first kappa shape index (κ1) is 15.0. The van der Waals surface area contributed by atoms with E-state index in [2.05, 4.69) is 4.90 Å². The van der Waals surface area contributed by atoms with Crippen molar-refractivity contribution in [2.24, 2.45) is 0 Å². The zero-order chi connectivity index (χ0) is 16.3. The van der Waals surface area contributed by atoms with Gasteiger partial charge in [-0.15, -0.1) is 0 Å². The largest absolute Gasteiger partial charge is 0.493 e. The van der Waals surface area contributed by atoms with E-state index in [1.54, 1.807) is 20.3 Å². The number of hydrogen-bond acceptors (Lipinski definition) is 6. The highest BCUT2D eigenvalue weighted by Crippen LogP contribution is 2.48. The lowest BCUT2D eigenvalue weighted by molar-refractivity contribution is -0.00164. The second-order valence-electron chi connectivity index (χ2n) is 6.47. The van der Waals surface area contributed by atoms with Gasteiger partial charge in [0.1, 0.15) is 0 Å². The molecule has 3 aliphatic rings. The molecule has 1 aliphatic carbocycles. The van der Waals surface area contributed by atoms with Crippen LogP contribution in [0.15, 0.2) is 23.8 Å². The maximum Gasteiger partial charge on any atom is 0.161 e. The summed E-state index contributed by atoms with van der Waals surface area (Å²) >= 11 is 0. The lowest BCUT2D eigenvalue weighted by atomic mass is 9.73. The van der Waals surface area contributed by atoms with E-state index < -0.39 is 18.3 Å². The fraction of sp³-hybridized carbons (Fsp3) is 0.529. The fourth-order valence-corrected chi connectivity index (χ4v) is 4.31. The molecule has 4 rings (SSSR count). The van der Waals surface area contributed by atoms with Gasteiger partial charge in [-0.1, -0.05) is 6.08 Å². The van der Waals surface area contributed by atoms with Gasteiger partial charge in [0.2, 0.25) is 0 Å². The van der Waals surface area contributed by atoms with Crippen molar-refractivity contribution in [1.82, 2.24) is 4.90 Å². The van der Waals surface area contributed by atoms with Crippen molar-refractivity contribution < 1.29 is 24.8 Å². The van der Waals surface area contributed by atoms with Gasteiger partial charge in [-0.05, 0) is 28.8 Å². The predicted molar refractivity (Wildman–Crippen MR) is 82.6 cm³/mol. The summed E-state index contributed by atoms with van der Waals surface area (Å²) < 4.78 is 10.8. The van der Waals surface area contributed by atoms with Gasteiger partial charge in [-0.2, -0.15) is 0 Å². The third kappa shape index (κ3) is 2.03. The van der Waals surface area contributed by atoms with Crippen LogP contribution in [-0.4, -0.2) is 65.3 Å². The SMILES string of the molecule is COc1cc2c(cc1OC)[C@@H]1[C@@H](O)[C@@H](O)C=C3[C@H]1N(C2)C[C@@H]3O. The molecule has 1 aromatic carbocycles. The standard InChI is InChI=1S/C17H21NO5/c1-22-13-3-8-6-18-7-12(20)10-4-11(19)17(21)15(16(10)18)9(8)5-14(13)23-2/h3-5,11-12,15-17,19-21H,6-7H2,1-2H3/t11-,12-,15-,16+,17-/m0/s1. The summed E-state index contributed by atoms with van der Waals surface area (Å²) in [6, 6.07) is 3.74. The van der Waals surface area contributed by atoms with Crippen LogP contribution in [0.4, 0.5) is 0 Å². The Bertz CT molecular complexity index is 673. The molecule has 0 saturated carbocycles. The third-order valence-electron chi connectivity index (χ3n) is 5.33. The molecule has 0 unspecified atom stereocenters. The van der Waals surface area contributed by atoms with Gasteiger partial charge in [0.25, 0.3) is 0 Å². The fourth-order valence-electron chi connectivity index (χ4n) is 4.31. The number of fused-ring (bicyclic) bond motifs is 2. The molecule has 0 bridgehead atoms. The number of ether oxygens (including phenoxy) is 2. The van der Waals surface area contributed by atoms with Crippen LogP contribution in [0.5, 0.6) is 11.5 Å². The van der Waals surface area contributed by atoms with Crippen molar-refractivity contribution in [1.29, 1.82) is 0 Å². The van der Waals surface area contributed by atoms with E-state index in [1.165, 1.54) is 0 Å². The molecule has 1 saturated heterocycles. The maximum atomic E-state index is 10.6. The van der Waals surface area contributed by atoms with Gasteiger partial charge in [-0.3, -0.25) is 4.90 Å². The zero-order valence-corrected chi connectivity index (χ0v) is 13.1. The molecule has 124 valence electrons. The molecule has 2 aliphatic heterocycles. The lowest BCUT2D eigenvalue weighted by Crippen LogP contribution is -2.50. The Balaban J connectivity index is 1.88. The van der Waals surface area contributed by atoms with Gasteiger partial charge < -0.3 is 24.8 Å². The summed E-state index contributed by atoms with van der Waals surface area (Å²) in [6.45, 7) is 1.19. The summed E-state index contributed by atoms with van der Waals surface area (Å²) in [5.74, 6) is 0.966. The number of aliphatic hydroxyl groups excluding tert-OH is 3. The summed E-state index contributed by atoms with van der Waals surface area (Å²) in [4.78, 5) is 2.16. The number of aliphatic hydroxyl groups is 3. The molecule has 2 heterocycles. The van der Waals surface area contributed by atoms with Crippen LogP contribution in [0.25, 0.3) is 0 Å². The van der Waals surface area contributed by atoms with Gasteiger partial charge >= 0.3 is 0 Å². The molecule has 6 heteroatoms. The predicted octanol–water partition coefficient (Wildman–Crippen LogP) is 0.00790. The average molecular weight is 319 g/mol. The topological polar surface area (TPSA) is 82.4 Å². The third-order valence-corrected chi connectivity index (χ3v) is 5.33. The quantitative estimate of drug-likeness (QED) is 0.666. The van der Waals surface area contributed by atoms with Crippen molar-refractivity contribution in [2.75, 3.05) is 20.8 Å². The van der Waals surface area contributed by atoms with Crippen molar-refractivity contribution in [3.63, 3.8) is 0 Å². The normalized spacial score (nSPS) is 35.3. The average Bonchev–Trinajstić information content (AvgIpc) is 2.85. The van der Waals surface area contributed by atoms with Gasteiger partial charge in [0.05, 0.1) is 32.5 Å². The molecule has 3 N–H and O–H groups in total. The minimum absolute atomic E-state index is 0.0750. The molecule has 0 amide bonds. The molecule has 1 aromatic rings. The molecule has 1 fully saturated rings. The molecule has 5 atom stereocenters. The van der Waals surface area contributed by atoms with Crippen molar-refractivity contribution >= 4 is 0 Å². The Labute approximate surface area is 134 Å². The first-order valence-corrected chi connectivity index (χ1v) is 7.79. The Kier molecular flexibility index (Phi) is 3.39. The minimum Gasteiger partial charge on any atom is -0.493 e. The van der Waals surface area contributed by atoms with E-state index >= 15 is 0 Å². The molecule has 6 nitrogen and oxygen atoms in total. The molecule has 0 spiro atoms. The van der Waals surface area contributed by atoms with E-state index in [-0.39, 0.29) is 12.0 Å². The van der Waals surface area contributed by atoms with Crippen molar-refractivity contribution in [3.05, 3.63) is 34.9 Å². The summed E-state index contributed by atoms with van der Waals surface area (Å²) in [6.07, 6.45) is -0.862. The smallest absolute Gasteiger partial charge is 0.161 e. The highest BCUT2D eigenvalue weighted by molar-refractivity contribution is 5.53. The van der Waals surface area contributed by atoms with Gasteiger partial charge in [0.15, 0.2) is 11.5 Å². The van der Waals surface area contributed by atoms with Crippen LogP contribution in [0, 0.1) is 0 Å².